The molecular formula is C14H20BrClN2. The molecular weight excluding hydrogens is 312 g/mol. The van der Waals surface area contributed by atoms with Crippen molar-refractivity contribution < 1.29 is 0 Å². The molecule has 1 aromatic carbocycles. The first-order valence-electron chi connectivity index (χ1n) is 6.47. The molecule has 1 aliphatic rings. The van der Waals surface area contributed by atoms with Crippen LogP contribution < -0.4 is 5.73 Å². The van der Waals surface area contributed by atoms with Crippen molar-refractivity contribution in [1.29, 1.82) is 0 Å². The molecule has 1 aromatic rings. The van der Waals surface area contributed by atoms with Crippen LogP contribution in [0.15, 0.2) is 22.7 Å². The van der Waals surface area contributed by atoms with Gasteiger partial charge in [0.15, 0.2) is 0 Å². The summed E-state index contributed by atoms with van der Waals surface area (Å²) >= 11 is 9.80. The molecule has 2 nitrogen and oxygen atoms in total. The number of benzene rings is 1. The lowest BCUT2D eigenvalue weighted by atomic mass is 9.85. The van der Waals surface area contributed by atoms with Crippen LogP contribution in [-0.4, -0.2) is 25.0 Å². The van der Waals surface area contributed by atoms with Crippen molar-refractivity contribution >= 4 is 27.5 Å². The minimum Gasteiger partial charge on any atom is -0.329 e. The van der Waals surface area contributed by atoms with Crippen molar-refractivity contribution in [3.63, 3.8) is 0 Å². The van der Waals surface area contributed by atoms with E-state index in [1.54, 1.807) is 0 Å². The molecule has 1 aliphatic carbocycles. The van der Waals surface area contributed by atoms with Crippen LogP contribution in [0.25, 0.3) is 0 Å². The second kappa shape index (κ2) is 6.38. The third-order valence-electron chi connectivity index (χ3n) is 3.84. The van der Waals surface area contributed by atoms with E-state index in [0.29, 0.717) is 6.54 Å². The average Bonchev–Trinajstić information content (AvgIpc) is 2.29. The molecule has 0 radical (unpaired) electrons. The second-order valence-corrected chi connectivity index (χ2v) is 6.48. The molecule has 0 heterocycles. The smallest absolute Gasteiger partial charge is 0.0482 e. The summed E-state index contributed by atoms with van der Waals surface area (Å²) in [5.74, 6) is 0.843. The number of halogens is 2. The van der Waals surface area contributed by atoms with Gasteiger partial charge >= 0.3 is 0 Å². The summed E-state index contributed by atoms with van der Waals surface area (Å²) in [5.41, 5.74) is 7.06. The van der Waals surface area contributed by atoms with Crippen LogP contribution in [0.5, 0.6) is 0 Å². The number of hydrogen-bond donors (Lipinski definition) is 1. The van der Waals surface area contributed by atoms with Crippen molar-refractivity contribution in [1.82, 2.24) is 4.90 Å². The summed E-state index contributed by atoms with van der Waals surface area (Å²) in [6.07, 6.45) is 4.09. The van der Waals surface area contributed by atoms with Gasteiger partial charge in [-0.25, -0.2) is 0 Å². The van der Waals surface area contributed by atoms with Gasteiger partial charge in [-0.1, -0.05) is 34.0 Å². The van der Waals surface area contributed by atoms with E-state index in [9.17, 15) is 0 Å². The Balaban J connectivity index is 2.12. The molecule has 4 heteroatoms. The van der Waals surface area contributed by atoms with Gasteiger partial charge in [0.25, 0.3) is 0 Å². The molecule has 100 valence electrons. The summed E-state index contributed by atoms with van der Waals surface area (Å²) in [5, 5.41) is 0.800. The van der Waals surface area contributed by atoms with E-state index in [1.165, 1.54) is 19.3 Å². The van der Waals surface area contributed by atoms with Gasteiger partial charge in [0.1, 0.15) is 0 Å². The van der Waals surface area contributed by atoms with E-state index in [2.05, 4.69) is 33.9 Å². The fraction of sp³-hybridized carbons (Fsp3) is 0.571. The van der Waals surface area contributed by atoms with E-state index in [4.69, 9.17) is 17.3 Å². The van der Waals surface area contributed by atoms with Crippen molar-refractivity contribution in [2.45, 2.75) is 25.3 Å². The first-order chi connectivity index (χ1) is 8.61. The summed E-state index contributed by atoms with van der Waals surface area (Å²) in [6.45, 7) is 1.71. The standard InChI is InChI=1S/C14H20BrClN2/c1-18(9-10-3-2-4-10)14(8-17)12-7-11(15)5-6-13(12)16/h5-7,10,14H,2-4,8-9,17H2,1H3. The molecule has 1 saturated carbocycles. The highest BCUT2D eigenvalue weighted by atomic mass is 79.9. The van der Waals surface area contributed by atoms with Gasteiger partial charge in [-0.2, -0.15) is 0 Å². The highest BCUT2D eigenvalue weighted by Gasteiger charge is 2.24. The van der Waals surface area contributed by atoms with Gasteiger partial charge in [-0.05, 0) is 49.6 Å². The van der Waals surface area contributed by atoms with Crippen molar-refractivity contribution in [3.8, 4) is 0 Å². The van der Waals surface area contributed by atoms with Gasteiger partial charge in [0, 0.05) is 28.6 Å². The Hall–Kier alpha value is -0.0900. The Morgan fingerprint density at radius 3 is 2.78 bits per heavy atom. The van der Waals surface area contributed by atoms with Crippen LogP contribution in [0.2, 0.25) is 5.02 Å². The fourth-order valence-corrected chi connectivity index (χ4v) is 3.15. The van der Waals surface area contributed by atoms with E-state index in [-0.39, 0.29) is 6.04 Å². The van der Waals surface area contributed by atoms with Gasteiger partial charge in [0.05, 0.1) is 0 Å². The highest BCUT2D eigenvalue weighted by Crippen LogP contribution is 2.32. The van der Waals surface area contributed by atoms with Crippen LogP contribution in [0.3, 0.4) is 0 Å². The first kappa shape index (κ1) is 14.3. The van der Waals surface area contributed by atoms with Crippen LogP contribution in [0.4, 0.5) is 0 Å². The Labute approximate surface area is 123 Å². The third kappa shape index (κ3) is 3.27. The van der Waals surface area contributed by atoms with E-state index < -0.39 is 0 Å². The van der Waals surface area contributed by atoms with Gasteiger partial charge in [0.2, 0.25) is 0 Å². The predicted molar refractivity (Wildman–Crippen MR) is 80.9 cm³/mol. The molecule has 0 aromatic heterocycles. The molecule has 1 fully saturated rings. The first-order valence-corrected chi connectivity index (χ1v) is 7.64. The molecule has 0 aliphatic heterocycles. The molecule has 18 heavy (non-hydrogen) atoms. The number of nitrogens with zero attached hydrogens (tertiary/aromatic N) is 1. The van der Waals surface area contributed by atoms with Crippen LogP contribution >= 0.6 is 27.5 Å². The number of hydrogen-bond acceptors (Lipinski definition) is 2. The molecule has 0 spiro atoms. The molecule has 1 atom stereocenters. The molecule has 0 saturated heterocycles. The number of nitrogens with two attached hydrogens (primary N) is 1. The summed E-state index contributed by atoms with van der Waals surface area (Å²) in [6, 6.07) is 6.18. The van der Waals surface area contributed by atoms with E-state index in [0.717, 1.165) is 27.5 Å². The van der Waals surface area contributed by atoms with Crippen molar-refractivity contribution in [3.05, 3.63) is 33.3 Å². The van der Waals surface area contributed by atoms with Crippen LogP contribution in [-0.2, 0) is 0 Å². The Morgan fingerprint density at radius 2 is 2.22 bits per heavy atom. The average molecular weight is 332 g/mol. The summed E-state index contributed by atoms with van der Waals surface area (Å²) < 4.78 is 1.05. The molecule has 2 N–H and O–H groups in total. The Bertz CT molecular complexity index is 407. The predicted octanol–water partition coefficient (Wildman–Crippen LogP) is 3.83. The summed E-state index contributed by atoms with van der Waals surface area (Å²) in [4.78, 5) is 2.34. The quantitative estimate of drug-likeness (QED) is 0.888. The van der Waals surface area contributed by atoms with E-state index >= 15 is 0 Å². The van der Waals surface area contributed by atoms with Crippen molar-refractivity contribution in [2.75, 3.05) is 20.1 Å². The lowest BCUT2D eigenvalue weighted by Crippen LogP contribution is -2.36. The third-order valence-corrected chi connectivity index (χ3v) is 4.68. The SMILES string of the molecule is CN(CC1CCC1)C(CN)c1cc(Br)ccc1Cl. The zero-order valence-electron chi connectivity index (χ0n) is 10.7. The zero-order valence-corrected chi connectivity index (χ0v) is 13.0. The van der Waals surface area contributed by atoms with Gasteiger partial charge in [-0.15, -0.1) is 0 Å². The maximum Gasteiger partial charge on any atom is 0.0482 e. The van der Waals surface area contributed by atoms with Crippen LogP contribution in [0, 0.1) is 5.92 Å². The second-order valence-electron chi connectivity index (χ2n) is 5.15. The Morgan fingerprint density at radius 1 is 1.50 bits per heavy atom. The van der Waals surface area contributed by atoms with Crippen LogP contribution in [0.1, 0.15) is 30.9 Å². The minimum atomic E-state index is 0.204. The van der Waals surface area contributed by atoms with Gasteiger partial charge < -0.3 is 5.73 Å². The van der Waals surface area contributed by atoms with Gasteiger partial charge in [-0.3, -0.25) is 4.90 Å². The normalized spacial score (nSPS) is 17.8. The largest absolute Gasteiger partial charge is 0.329 e. The lowest BCUT2D eigenvalue weighted by Gasteiger charge is -2.35. The maximum absolute atomic E-state index is 6.30. The number of rotatable bonds is 5. The summed E-state index contributed by atoms with van der Waals surface area (Å²) in [7, 11) is 2.15. The monoisotopic (exact) mass is 330 g/mol. The fourth-order valence-electron chi connectivity index (χ4n) is 2.52. The maximum atomic E-state index is 6.30. The number of likely N-dealkylation sites (N-methyl/N-ethyl adjacent to an activating group) is 1. The molecule has 0 bridgehead atoms. The minimum absolute atomic E-state index is 0.204. The molecule has 0 amide bonds. The molecule has 1 unspecified atom stereocenters. The zero-order chi connectivity index (χ0) is 13.1. The lowest BCUT2D eigenvalue weighted by molar-refractivity contribution is 0.165. The topological polar surface area (TPSA) is 29.3 Å². The van der Waals surface area contributed by atoms with E-state index in [1.807, 2.05) is 12.1 Å². The molecule has 2 rings (SSSR count). The van der Waals surface area contributed by atoms with Crippen molar-refractivity contribution in [2.24, 2.45) is 11.7 Å². The Kier molecular flexibility index (Phi) is 5.07. The highest BCUT2D eigenvalue weighted by molar-refractivity contribution is 9.10.